The van der Waals surface area contributed by atoms with E-state index in [2.05, 4.69) is 81.4 Å². The molecule has 0 aliphatic carbocycles. The zero-order chi connectivity index (χ0) is 35.4. The van der Waals surface area contributed by atoms with Crippen LogP contribution in [0.15, 0.2) is 24.3 Å². The van der Waals surface area contributed by atoms with Crippen molar-refractivity contribution in [2.24, 2.45) is 0 Å². The Kier molecular flexibility index (Phi) is 17.1. The Morgan fingerprint density at radius 2 is 0.851 bits per heavy atom. The first-order valence-corrected chi connectivity index (χ1v) is 20.3. The molecular weight excluding hydrogens is 626 g/mol. The van der Waals surface area contributed by atoms with Gasteiger partial charge in [0.25, 0.3) is 0 Å². The number of rotatable bonds is 20. The molecule has 0 fully saturated rings. The van der Waals surface area contributed by atoms with Gasteiger partial charge in [0.15, 0.2) is 0 Å². The highest BCUT2D eigenvalue weighted by Crippen LogP contribution is 2.50. The van der Waals surface area contributed by atoms with Gasteiger partial charge in [-0.15, -0.1) is 0 Å². The quantitative estimate of drug-likeness (QED) is 0.0814. The molecule has 0 bridgehead atoms. The molecule has 8 heteroatoms. The predicted molar refractivity (Wildman–Crippen MR) is 200 cm³/mol. The lowest BCUT2D eigenvalue weighted by atomic mass is 9.64. The van der Waals surface area contributed by atoms with E-state index in [1.807, 2.05) is 12.1 Å². The van der Waals surface area contributed by atoms with Crippen LogP contribution in [0.25, 0.3) is 0 Å². The van der Waals surface area contributed by atoms with Crippen LogP contribution in [0.3, 0.4) is 0 Å². The summed E-state index contributed by atoms with van der Waals surface area (Å²) in [5.41, 5.74) is 5.62. The Bertz CT molecular complexity index is 1150. The summed E-state index contributed by atoms with van der Waals surface area (Å²) in [4.78, 5) is 39.3. The van der Waals surface area contributed by atoms with Gasteiger partial charge in [-0.25, -0.2) is 0 Å². The number of aryl methyl sites for hydroxylation is 2. The third-order valence-electron chi connectivity index (χ3n) is 9.54. The van der Waals surface area contributed by atoms with Gasteiger partial charge < -0.3 is 28.6 Å². The molecule has 2 aromatic rings. The van der Waals surface area contributed by atoms with E-state index >= 15 is 0 Å². The molecule has 47 heavy (non-hydrogen) atoms. The Morgan fingerprint density at radius 3 is 1.17 bits per heavy atom. The van der Waals surface area contributed by atoms with Crippen LogP contribution in [-0.4, -0.2) is 19.6 Å². The molecule has 0 saturated heterocycles. The molecule has 0 saturated carbocycles. The van der Waals surface area contributed by atoms with E-state index in [1.165, 1.54) is 75.3 Å². The minimum Gasteiger partial charge on any atom is -0.427 e. The molecule has 0 atom stereocenters. The first-order valence-electron chi connectivity index (χ1n) is 18.0. The lowest BCUT2D eigenvalue weighted by Gasteiger charge is -2.40. The van der Waals surface area contributed by atoms with Crippen molar-refractivity contribution in [2.45, 2.75) is 175 Å². The summed E-state index contributed by atoms with van der Waals surface area (Å²) in [6.07, 6.45) is 17.1. The Morgan fingerprint density at radius 1 is 0.489 bits per heavy atom. The lowest BCUT2D eigenvalue weighted by Crippen LogP contribution is -2.31. The molecule has 2 rings (SSSR count). The van der Waals surface area contributed by atoms with Gasteiger partial charge in [0.2, 0.25) is 0 Å². The van der Waals surface area contributed by atoms with Gasteiger partial charge in [-0.05, 0) is 71.9 Å². The fraction of sp³-hybridized carbons (Fsp3) is 0.692. The van der Waals surface area contributed by atoms with Crippen molar-refractivity contribution in [3.63, 3.8) is 0 Å². The van der Waals surface area contributed by atoms with E-state index in [-0.39, 0.29) is 16.2 Å². The second-order valence-electron chi connectivity index (χ2n) is 15.6. The van der Waals surface area contributed by atoms with E-state index in [1.54, 1.807) is 0 Å². The van der Waals surface area contributed by atoms with Crippen LogP contribution in [0, 0.1) is 13.8 Å². The molecular formula is C39H66O6P2. The zero-order valence-corrected chi connectivity index (χ0v) is 33.0. The molecule has 268 valence electrons. The standard InChI is InChI=1S/C39H66O6P2/c1-11-13-14-15-16-17-18-19-20-21-22-24-39(23-12-2,31-27-33(37(5,6)7)35(25-29(31)3)44-46(40)41)32-28-34(38(8,9)10)36(26-30(32)4)45-47(42)43/h25-28,40-43H,11-24H2,1-10H3. The SMILES string of the molecule is CCCCCCCCCCCCCC(CCC)(c1cc(C(C)(C)C)c(OP(O)O)cc1C)c1cc(C(C)(C)C)c(OP(O)O)cc1C. The van der Waals surface area contributed by atoms with Gasteiger partial charge in [0.05, 0.1) is 0 Å². The molecule has 0 amide bonds. The van der Waals surface area contributed by atoms with Gasteiger partial charge >= 0.3 is 17.2 Å². The third kappa shape index (κ3) is 12.5. The maximum Gasteiger partial charge on any atom is 0.391 e. The van der Waals surface area contributed by atoms with Crippen LogP contribution < -0.4 is 9.05 Å². The average molecular weight is 693 g/mol. The van der Waals surface area contributed by atoms with Crippen LogP contribution in [0.2, 0.25) is 0 Å². The van der Waals surface area contributed by atoms with Crippen LogP contribution in [-0.2, 0) is 16.2 Å². The summed E-state index contributed by atoms with van der Waals surface area (Å²) in [5.74, 6) is 1.04. The minimum absolute atomic E-state index is 0.291. The number of hydrogen-bond donors (Lipinski definition) is 4. The third-order valence-corrected chi connectivity index (χ3v) is 10.3. The van der Waals surface area contributed by atoms with Crippen molar-refractivity contribution in [1.29, 1.82) is 0 Å². The first kappa shape index (κ1) is 41.9. The average Bonchev–Trinajstić information content (AvgIpc) is 2.93. The fourth-order valence-corrected chi connectivity index (χ4v) is 7.87. The molecule has 4 N–H and O–H groups in total. The molecule has 6 nitrogen and oxygen atoms in total. The molecule has 0 heterocycles. The number of unbranched alkanes of at least 4 members (excludes halogenated alkanes) is 10. The normalized spacial score (nSPS) is 12.8. The lowest BCUT2D eigenvalue weighted by molar-refractivity contribution is 0.368. The van der Waals surface area contributed by atoms with Gasteiger partial charge in [0.1, 0.15) is 11.5 Å². The molecule has 0 spiro atoms. The maximum absolute atomic E-state index is 9.83. The Balaban J connectivity index is 2.65. The van der Waals surface area contributed by atoms with Crippen molar-refractivity contribution in [3.8, 4) is 11.5 Å². The minimum atomic E-state index is -2.55. The largest absolute Gasteiger partial charge is 0.427 e. The molecule has 0 radical (unpaired) electrons. The molecule has 0 unspecified atom stereocenters. The molecule has 0 aromatic heterocycles. The van der Waals surface area contributed by atoms with Gasteiger partial charge in [-0.2, -0.15) is 0 Å². The van der Waals surface area contributed by atoms with Gasteiger partial charge in [0, 0.05) is 16.5 Å². The second kappa shape index (κ2) is 19.2. The van der Waals surface area contributed by atoms with Crippen molar-refractivity contribution in [1.82, 2.24) is 0 Å². The topological polar surface area (TPSA) is 99.4 Å². The molecule has 2 aromatic carbocycles. The van der Waals surface area contributed by atoms with E-state index in [0.717, 1.165) is 47.9 Å². The van der Waals surface area contributed by atoms with Crippen molar-refractivity contribution >= 4 is 17.2 Å². The predicted octanol–water partition coefficient (Wildman–Crippen LogP) is 11.9. The summed E-state index contributed by atoms with van der Waals surface area (Å²) in [6, 6.07) is 8.51. The van der Waals surface area contributed by atoms with E-state index in [0.29, 0.717) is 11.5 Å². The van der Waals surface area contributed by atoms with Crippen LogP contribution in [0.5, 0.6) is 11.5 Å². The molecule has 0 aliphatic rings. The van der Waals surface area contributed by atoms with Crippen molar-refractivity contribution < 1.29 is 28.6 Å². The summed E-state index contributed by atoms with van der Waals surface area (Å²) < 4.78 is 11.2. The number of hydrogen-bond acceptors (Lipinski definition) is 6. The zero-order valence-electron chi connectivity index (χ0n) is 31.2. The van der Waals surface area contributed by atoms with E-state index in [9.17, 15) is 19.6 Å². The number of benzene rings is 2. The van der Waals surface area contributed by atoms with Crippen molar-refractivity contribution in [2.75, 3.05) is 0 Å². The Hall–Kier alpha value is -1.26. The molecule has 0 aliphatic heterocycles. The smallest absolute Gasteiger partial charge is 0.391 e. The van der Waals surface area contributed by atoms with Crippen LogP contribution in [0.1, 0.15) is 179 Å². The summed E-state index contributed by atoms with van der Waals surface area (Å²) >= 11 is 0. The van der Waals surface area contributed by atoms with Gasteiger partial charge in [-0.1, -0.05) is 145 Å². The van der Waals surface area contributed by atoms with Crippen LogP contribution in [0.4, 0.5) is 0 Å². The highest BCUT2D eigenvalue weighted by Gasteiger charge is 2.39. The Labute approximate surface area is 289 Å². The van der Waals surface area contributed by atoms with Crippen LogP contribution >= 0.6 is 17.2 Å². The van der Waals surface area contributed by atoms with Gasteiger partial charge in [-0.3, -0.25) is 0 Å². The van der Waals surface area contributed by atoms with Crippen molar-refractivity contribution in [3.05, 3.63) is 57.6 Å². The maximum atomic E-state index is 9.83. The summed E-state index contributed by atoms with van der Waals surface area (Å²) in [5, 5.41) is 0. The summed E-state index contributed by atoms with van der Waals surface area (Å²) in [6.45, 7) is 21.5. The van der Waals surface area contributed by atoms with E-state index < -0.39 is 17.2 Å². The highest BCUT2D eigenvalue weighted by atomic mass is 31.2. The van der Waals surface area contributed by atoms with E-state index in [4.69, 9.17) is 9.05 Å². The summed E-state index contributed by atoms with van der Waals surface area (Å²) in [7, 11) is -5.10. The monoisotopic (exact) mass is 692 g/mol. The first-order chi connectivity index (χ1) is 22.0. The highest BCUT2D eigenvalue weighted by molar-refractivity contribution is 7.40. The second-order valence-corrected chi connectivity index (χ2v) is 17.0. The fourth-order valence-electron chi connectivity index (χ4n) is 7.22.